The second-order valence-electron chi connectivity index (χ2n) is 5.92. The first-order valence-electron chi connectivity index (χ1n) is 8.08. The third-order valence-corrected chi connectivity index (χ3v) is 4.54. The maximum Gasteiger partial charge on any atom is 0.163 e. The minimum absolute atomic E-state index is 0.704. The second kappa shape index (κ2) is 6.61. The highest BCUT2D eigenvalue weighted by Crippen LogP contribution is 2.30. The number of rotatable bonds is 4. The normalized spacial score (nSPS) is 10.9. The summed E-state index contributed by atoms with van der Waals surface area (Å²) in [5.41, 5.74) is 6.18. The highest BCUT2D eigenvalue weighted by atomic mass is 35.5. The molecule has 3 aromatic heterocycles. The van der Waals surface area contributed by atoms with E-state index in [1.807, 2.05) is 50.4 Å². The number of halogens is 1. The van der Waals surface area contributed by atoms with Gasteiger partial charge >= 0.3 is 0 Å². The number of hydrogen-bond donors (Lipinski definition) is 1. The maximum atomic E-state index is 6.40. The van der Waals surface area contributed by atoms with E-state index >= 15 is 0 Å². The molecule has 122 valence electrons. The smallest absolute Gasteiger partial charge is 0.163 e. The topological polar surface area (TPSA) is 42.2 Å². The van der Waals surface area contributed by atoms with Gasteiger partial charge in [-0.2, -0.15) is 0 Å². The van der Waals surface area contributed by atoms with Gasteiger partial charge in [-0.25, -0.2) is 4.98 Å². The molecule has 0 aliphatic heterocycles. The number of pyridine rings is 2. The van der Waals surface area contributed by atoms with Gasteiger partial charge in [-0.15, -0.1) is 0 Å². The third-order valence-electron chi connectivity index (χ3n) is 4.21. The van der Waals surface area contributed by atoms with Gasteiger partial charge in [0.05, 0.1) is 5.69 Å². The molecular weight excluding hydrogens is 331 g/mol. The van der Waals surface area contributed by atoms with Crippen molar-refractivity contribution in [3.8, 4) is 11.1 Å². The van der Waals surface area contributed by atoms with Gasteiger partial charge in [0.15, 0.2) is 13.5 Å². The molecule has 0 unspecified atom stereocenters. The first-order chi connectivity index (χ1) is 12.2. The summed E-state index contributed by atoms with van der Waals surface area (Å²) in [5, 5.41) is 4.23. The summed E-state index contributed by atoms with van der Waals surface area (Å²) >= 11 is 6.40. The molecule has 0 aliphatic rings. The van der Waals surface area contributed by atoms with Crippen LogP contribution in [-0.2, 0) is 6.54 Å². The lowest BCUT2D eigenvalue weighted by Gasteiger charge is -2.12. The average molecular weight is 347 g/mol. The Hall–Kier alpha value is -2.79. The van der Waals surface area contributed by atoms with Crippen LogP contribution in [0.3, 0.4) is 0 Å². The van der Waals surface area contributed by atoms with E-state index in [-0.39, 0.29) is 0 Å². The minimum atomic E-state index is 0.704. The Bertz CT molecular complexity index is 1030. The molecule has 0 radical (unpaired) electrons. The van der Waals surface area contributed by atoms with Crippen molar-refractivity contribution in [3.05, 3.63) is 77.8 Å². The van der Waals surface area contributed by atoms with Crippen molar-refractivity contribution in [3.63, 3.8) is 0 Å². The van der Waals surface area contributed by atoms with Crippen LogP contribution in [0.25, 0.3) is 16.8 Å². The largest absolute Gasteiger partial charge is 0.378 e. The van der Waals surface area contributed by atoms with E-state index in [0.717, 1.165) is 33.1 Å². The minimum Gasteiger partial charge on any atom is -0.378 e. The highest BCUT2D eigenvalue weighted by Gasteiger charge is 2.11. The zero-order valence-corrected chi connectivity index (χ0v) is 14.5. The molecule has 1 aromatic carbocycles. The summed E-state index contributed by atoms with van der Waals surface area (Å²) < 4.78 is 2.09. The van der Waals surface area contributed by atoms with Gasteiger partial charge in [-0.05, 0) is 35.4 Å². The van der Waals surface area contributed by atoms with Gasteiger partial charge < -0.3 is 9.72 Å². The van der Waals surface area contributed by atoms with Gasteiger partial charge in [-0.3, -0.25) is 4.98 Å². The van der Waals surface area contributed by atoms with Crippen LogP contribution in [0.1, 0.15) is 5.56 Å². The molecule has 0 bridgehead atoms. The SMILES string of the molecule is Bc1cnc2c(NCc3ccncc3)cc(-c3ccccc3Cl)cn12. The molecular formula is C19H16BClN4. The lowest BCUT2D eigenvalue weighted by Crippen LogP contribution is -2.10. The molecule has 0 amide bonds. The summed E-state index contributed by atoms with van der Waals surface area (Å²) in [4.78, 5) is 8.60. The Labute approximate surface area is 151 Å². The molecule has 0 saturated carbocycles. The van der Waals surface area contributed by atoms with Crippen LogP contribution in [0.15, 0.2) is 67.3 Å². The van der Waals surface area contributed by atoms with Crippen LogP contribution >= 0.6 is 11.6 Å². The molecule has 4 rings (SSSR count). The van der Waals surface area contributed by atoms with Crippen molar-refractivity contribution in [2.24, 2.45) is 0 Å². The quantitative estimate of drug-likeness (QED) is 0.578. The Kier molecular flexibility index (Phi) is 4.16. The van der Waals surface area contributed by atoms with Crippen LogP contribution in [0, 0.1) is 0 Å². The summed E-state index contributed by atoms with van der Waals surface area (Å²) in [5.74, 6) is 0. The van der Waals surface area contributed by atoms with Crippen LogP contribution in [0.2, 0.25) is 5.02 Å². The summed E-state index contributed by atoms with van der Waals surface area (Å²) in [6, 6.07) is 14.0. The Morgan fingerprint density at radius 3 is 2.72 bits per heavy atom. The Morgan fingerprint density at radius 1 is 1.12 bits per heavy atom. The number of fused-ring (bicyclic) bond motifs is 1. The molecule has 4 aromatic rings. The summed E-state index contributed by atoms with van der Waals surface area (Å²) in [7, 11) is 2.04. The number of benzene rings is 1. The first-order valence-corrected chi connectivity index (χ1v) is 8.45. The van der Waals surface area contributed by atoms with Crippen molar-refractivity contribution in [2.45, 2.75) is 6.54 Å². The highest BCUT2D eigenvalue weighted by molar-refractivity contribution is 6.33. The standard InChI is InChI=1S/C19H16BClN4/c20-18-11-24-19-17(23-10-13-5-7-22-8-6-13)9-14(12-25(18)19)15-3-1-2-4-16(15)21/h1-9,11-12,23H,10,20H2. The van der Waals surface area contributed by atoms with Crippen molar-refractivity contribution in [2.75, 3.05) is 5.32 Å². The van der Waals surface area contributed by atoms with E-state index < -0.39 is 0 Å². The van der Waals surface area contributed by atoms with E-state index in [2.05, 4.69) is 31.9 Å². The van der Waals surface area contributed by atoms with Crippen molar-refractivity contribution in [1.29, 1.82) is 0 Å². The number of hydrogen-bond acceptors (Lipinski definition) is 3. The van der Waals surface area contributed by atoms with Gasteiger partial charge in [0.25, 0.3) is 0 Å². The van der Waals surface area contributed by atoms with E-state index in [1.165, 1.54) is 5.56 Å². The zero-order valence-electron chi connectivity index (χ0n) is 13.8. The number of aromatic nitrogens is 3. The lowest BCUT2D eigenvalue weighted by molar-refractivity contribution is 1.11. The molecule has 0 aliphatic carbocycles. The van der Waals surface area contributed by atoms with Gasteiger partial charge in [-0.1, -0.05) is 29.8 Å². The number of nitrogens with zero attached hydrogens (tertiary/aromatic N) is 3. The zero-order chi connectivity index (χ0) is 17.2. The number of anilines is 1. The monoisotopic (exact) mass is 346 g/mol. The molecule has 0 atom stereocenters. The molecule has 6 heteroatoms. The fourth-order valence-electron chi connectivity index (χ4n) is 2.88. The van der Waals surface area contributed by atoms with E-state index in [0.29, 0.717) is 6.54 Å². The van der Waals surface area contributed by atoms with E-state index in [1.54, 1.807) is 12.4 Å². The van der Waals surface area contributed by atoms with Crippen LogP contribution < -0.4 is 10.9 Å². The van der Waals surface area contributed by atoms with Crippen molar-refractivity contribution >= 4 is 36.4 Å². The molecule has 3 heterocycles. The molecule has 4 nitrogen and oxygen atoms in total. The lowest BCUT2D eigenvalue weighted by atomic mass is 10.0. The second-order valence-corrected chi connectivity index (χ2v) is 6.33. The number of nitrogens with one attached hydrogen (secondary N) is 1. The predicted octanol–water partition coefficient (Wildman–Crippen LogP) is 2.92. The van der Waals surface area contributed by atoms with Gasteiger partial charge in [0, 0.05) is 47.5 Å². The van der Waals surface area contributed by atoms with E-state index in [4.69, 9.17) is 11.6 Å². The number of imidazole rings is 1. The molecule has 1 N–H and O–H groups in total. The van der Waals surface area contributed by atoms with Crippen LogP contribution in [0.5, 0.6) is 0 Å². The van der Waals surface area contributed by atoms with Gasteiger partial charge in [0.1, 0.15) is 0 Å². The third kappa shape index (κ3) is 3.11. The molecule has 0 spiro atoms. The van der Waals surface area contributed by atoms with E-state index in [9.17, 15) is 0 Å². The Balaban J connectivity index is 1.78. The molecule has 25 heavy (non-hydrogen) atoms. The molecule has 0 fully saturated rings. The first kappa shape index (κ1) is 15.7. The van der Waals surface area contributed by atoms with Crippen molar-refractivity contribution in [1.82, 2.24) is 14.4 Å². The fraction of sp³-hybridized carbons (Fsp3) is 0.0526. The molecule has 0 saturated heterocycles. The fourth-order valence-corrected chi connectivity index (χ4v) is 3.12. The Morgan fingerprint density at radius 2 is 1.92 bits per heavy atom. The predicted molar refractivity (Wildman–Crippen MR) is 105 cm³/mol. The van der Waals surface area contributed by atoms with Gasteiger partial charge in [0.2, 0.25) is 0 Å². The maximum absolute atomic E-state index is 6.40. The van der Waals surface area contributed by atoms with Crippen LogP contribution in [-0.4, -0.2) is 22.2 Å². The van der Waals surface area contributed by atoms with Crippen molar-refractivity contribution < 1.29 is 0 Å². The van der Waals surface area contributed by atoms with Crippen LogP contribution in [0.4, 0.5) is 5.69 Å². The summed E-state index contributed by atoms with van der Waals surface area (Å²) in [6.45, 7) is 0.704. The average Bonchev–Trinajstić information content (AvgIpc) is 3.02. The summed E-state index contributed by atoms with van der Waals surface area (Å²) in [6.07, 6.45) is 7.55.